The number of carbonyl (C=O) groups excluding carboxylic acids is 1. The number of aliphatic hydroxyl groups excluding tert-OH is 1. The number of rotatable bonds is 4. The van der Waals surface area contributed by atoms with Crippen LogP contribution in [0.1, 0.15) is 12.0 Å². The predicted octanol–water partition coefficient (Wildman–Crippen LogP) is 0.651. The summed E-state index contributed by atoms with van der Waals surface area (Å²) in [6.45, 7) is 0.182. The van der Waals surface area contributed by atoms with Crippen LogP contribution in [0.5, 0.6) is 0 Å². The molecule has 0 saturated carbocycles. The Bertz CT molecular complexity index is 609. The van der Waals surface area contributed by atoms with Crippen LogP contribution >= 0.6 is 0 Å². The molecule has 0 atom stereocenters. The minimum absolute atomic E-state index is 0.0590. The number of aliphatic hydroxyl groups is 1. The van der Waals surface area contributed by atoms with Crippen LogP contribution < -0.4 is 5.32 Å². The maximum Gasteiger partial charge on any atom is 0.246 e. The zero-order valence-corrected chi connectivity index (χ0v) is 10.8. The summed E-state index contributed by atoms with van der Waals surface area (Å²) >= 11 is 0. The van der Waals surface area contributed by atoms with Crippen molar-refractivity contribution >= 4 is 11.6 Å². The number of hydrogen-bond donors (Lipinski definition) is 2. The highest BCUT2D eigenvalue weighted by molar-refractivity contribution is 5.90. The maximum atomic E-state index is 11.7. The lowest BCUT2D eigenvalue weighted by Crippen LogP contribution is -2.18. The summed E-state index contributed by atoms with van der Waals surface area (Å²) in [6.07, 6.45) is 3.32. The van der Waals surface area contributed by atoms with E-state index in [4.69, 9.17) is 5.11 Å². The minimum atomic E-state index is -0.172. The van der Waals surface area contributed by atoms with Crippen LogP contribution in [0, 0.1) is 11.8 Å². The van der Waals surface area contributed by atoms with Crippen LogP contribution in [0.25, 0.3) is 0 Å². The lowest BCUT2D eigenvalue weighted by Gasteiger charge is -2.04. The second kappa shape index (κ2) is 7.07. The first-order valence-corrected chi connectivity index (χ1v) is 6.10. The van der Waals surface area contributed by atoms with Gasteiger partial charge in [0.25, 0.3) is 0 Å². The van der Waals surface area contributed by atoms with E-state index < -0.39 is 0 Å². The SMILES string of the molecule is O=C(Cn1cncn1)Nc1ccc(C#CCCO)cc1. The summed E-state index contributed by atoms with van der Waals surface area (Å²) in [5, 5.41) is 15.3. The largest absolute Gasteiger partial charge is 0.395 e. The summed E-state index contributed by atoms with van der Waals surface area (Å²) in [5.74, 6) is 5.58. The van der Waals surface area contributed by atoms with E-state index in [1.54, 1.807) is 12.1 Å². The molecular formula is C14H14N4O2. The second-order valence-corrected chi connectivity index (χ2v) is 3.99. The average molecular weight is 270 g/mol. The topological polar surface area (TPSA) is 80.0 Å². The van der Waals surface area contributed by atoms with Crippen LogP contribution in [-0.4, -0.2) is 32.4 Å². The summed E-state index contributed by atoms with van der Waals surface area (Å²) in [5.41, 5.74) is 1.54. The van der Waals surface area contributed by atoms with Gasteiger partial charge in [-0.15, -0.1) is 0 Å². The van der Waals surface area contributed by atoms with Gasteiger partial charge in [-0.3, -0.25) is 4.79 Å². The van der Waals surface area contributed by atoms with Crippen molar-refractivity contribution in [2.24, 2.45) is 0 Å². The zero-order valence-electron chi connectivity index (χ0n) is 10.8. The van der Waals surface area contributed by atoms with Crippen LogP contribution in [0.4, 0.5) is 5.69 Å². The first-order valence-electron chi connectivity index (χ1n) is 6.10. The van der Waals surface area contributed by atoms with Crippen LogP contribution in [0.2, 0.25) is 0 Å². The number of nitrogens with one attached hydrogen (secondary N) is 1. The Hall–Kier alpha value is -2.65. The van der Waals surface area contributed by atoms with Crippen LogP contribution in [0.3, 0.4) is 0 Å². The van der Waals surface area contributed by atoms with Gasteiger partial charge < -0.3 is 10.4 Å². The van der Waals surface area contributed by atoms with Gasteiger partial charge in [0.05, 0.1) is 6.61 Å². The molecule has 0 aliphatic rings. The number of benzene rings is 1. The average Bonchev–Trinajstić information content (AvgIpc) is 2.94. The number of anilines is 1. The van der Waals surface area contributed by atoms with Gasteiger partial charge in [0.15, 0.2) is 0 Å². The highest BCUT2D eigenvalue weighted by Gasteiger charge is 2.03. The van der Waals surface area contributed by atoms with E-state index in [1.165, 1.54) is 17.3 Å². The Morgan fingerprint density at radius 1 is 1.35 bits per heavy atom. The number of nitrogens with zero attached hydrogens (tertiary/aromatic N) is 3. The Morgan fingerprint density at radius 2 is 2.15 bits per heavy atom. The molecule has 1 heterocycles. The first kappa shape index (κ1) is 13.8. The number of carbonyl (C=O) groups is 1. The molecule has 0 aliphatic carbocycles. The maximum absolute atomic E-state index is 11.7. The van der Waals surface area contributed by atoms with Crippen molar-refractivity contribution in [1.82, 2.24) is 14.8 Å². The van der Waals surface area contributed by atoms with Crippen molar-refractivity contribution in [3.8, 4) is 11.8 Å². The van der Waals surface area contributed by atoms with E-state index in [1.807, 2.05) is 12.1 Å². The Balaban J connectivity index is 1.90. The molecule has 2 aromatic rings. The van der Waals surface area contributed by atoms with Gasteiger partial charge >= 0.3 is 0 Å². The van der Waals surface area contributed by atoms with Gasteiger partial charge in [-0.05, 0) is 24.3 Å². The summed E-state index contributed by atoms with van der Waals surface area (Å²) in [4.78, 5) is 15.5. The molecule has 0 unspecified atom stereocenters. The van der Waals surface area contributed by atoms with Crippen molar-refractivity contribution in [3.05, 3.63) is 42.5 Å². The molecule has 6 nitrogen and oxygen atoms in total. The third kappa shape index (κ3) is 4.23. The van der Waals surface area contributed by atoms with Gasteiger partial charge in [-0.1, -0.05) is 11.8 Å². The molecule has 1 amide bonds. The van der Waals surface area contributed by atoms with E-state index in [-0.39, 0.29) is 19.1 Å². The van der Waals surface area contributed by atoms with Gasteiger partial charge in [-0.25, -0.2) is 9.67 Å². The Morgan fingerprint density at radius 3 is 2.80 bits per heavy atom. The third-order valence-corrected chi connectivity index (χ3v) is 2.41. The second-order valence-electron chi connectivity index (χ2n) is 3.99. The zero-order chi connectivity index (χ0) is 14.2. The lowest BCUT2D eigenvalue weighted by molar-refractivity contribution is -0.116. The molecule has 0 bridgehead atoms. The summed E-state index contributed by atoms with van der Waals surface area (Å²) in [7, 11) is 0. The molecule has 1 aromatic heterocycles. The van der Waals surface area contributed by atoms with E-state index >= 15 is 0 Å². The molecule has 0 saturated heterocycles. The Kier molecular flexibility index (Phi) is 4.87. The number of hydrogen-bond acceptors (Lipinski definition) is 4. The third-order valence-electron chi connectivity index (χ3n) is 2.41. The number of amides is 1. The van der Waals surface area contributed by atoms with E-state index in [0.717, 1.165) is 5.56 Å². The first-order chi connectivity index (χ1) is 9.78. The van der Waals surface area contributed by atoms with Gasteiger partial charge in [0.2, 0.25) is 5.91 Å². The molecule has 0 fully saturated rings. The Labute approximate surface area is 116 Å². The van der Waals surface area contributed by atoms with Crippen LogP contribution in [-0.2, 0) is 11.3 Å². The molecule has 2 N–H and O–H groups in total. The highest BCUT2D eigenvalue weighted by Crippen LogP contribution is 2.08. The molecule has 2 rings (SSSR count). The normalized spacial score (nSPS) is 9.65. The van der Waals surface area contributed by atoms with Crippen molar-refractivity contribution in [2.75, 3.05) is 11.9 Å². The molecule has 102 valence electrons. The number of aromatic nitrogens is 3. The molecule has 20 heavy (non-hydrogen) atoms. The molecule has 0 aliphatic heterocycles. The quantitative estimate of drug-likeness (QED) is 0.799. The lowest BCUT2D eigenvalue weighted by atomic mass is 10.2. The monoisotopic (exact) mass is 270 g/mol. The fourth-order valence-corrected chi connectivity index (χ4v) is 1.52. The van der Waals surface area contributed by atoms with Crippen molar-refractivity contribution < 1.29 is 9.90 Å². The van der Waals surface area contributed by atoms with Gasteiger partial charge in [0, 0.05) is 17.7 Å². The van der Waals surface area contributed by atoms with Crippen LogP contribution in [0.15, 0.2) is 36.9 Å². The molecule has 1 aromatic carbocycles. The molecule has 0 spiro atoms. The van der Waals surface area contributed by atoms with Crippen molar-refractivity contribution in [1.29, 1.82) is 0 Å². The van der Waals surface area contributed by atoms with E-state index in [0.29, 0.717) is 12.1 Å². The van der Waals surface area contributed by atoms with E-state index in [9.17, 15) is 4.79 Å². The summed E-state index contributed by atoms with van der Waals surface area (Å²) in [6, 6.07) is 7.19. The molecule has 6 heteroatoms. The minimum Gasteiger partial charge on any atom is -0.395 e. The van der Waals surface area contributed by atoms with E-state index in [2.05, 4.69) is 27.2 Å². The highest BCUT2D eigenvalue weighted by atomic mass is 16.2. The predicted molar refractivity (Wildman–Crippen MR) is 73.7 cm³/mol. The molecular weight excluding hydrogens is 256 g/mol. The smallest absolute Gasteiger partial charge is 0.246 e. The molecule has 0 radical (unpaired) electrons. The van der Waals surface area contributed by atoms with Crippen molar-refractivity contribution in [3.63, 3.8) is 0 Å². The van der Waals surface area contributed by atoms with Gasteiger partial charge in [-0.2, -0.15) is 5.10 Å². The standard InChI is InChI=1S/C14H14N4O2/c19-8-2-1-3-12-4-6-13(7-5-12)17-14(20)9-18-11-15-10-16-18/h4-7,10-11,19H,2,8-9H2,(H,17,20). The van der Waals surface area contributed by atoms with Gasteiger partial charge in [0.1, 0.15) is 19.2 Å². The fourth-order valence-electron chi connectivity index (χ4n) is 1.52. The summed E-state index contributed by atoms with van der Waals surface area (Å²) < 4.78 is 1.45. The fraction of sp³-hybridized carbons (Fsp3) is 0.214. The van der Waals surface area contributed by atoms with Crippen molar-refractivity contribution in [2.45, 2.75) is 13.0 Å².